The summed E-state index contributed by atoms with van der Waals surface area (Å²) in [5.74, 6) is 0.562. The van der Waals surface area contributed by atoms with Crippen LogP contribution in [0.25, 0.3) is 0 Å². The number of carbonyl (C=O) groups excluding carboxylic acids is 1. The molecule has 0 saturated heterocycles. The molecule has 0 bridgehead atoms. The minimum absolute atomic E-state index is 0.0452. The average molecular weight is 372 g/mol. The van der Waals surface area contributed by atoms with Gasteiger partial charge >= 0.3 is 5.97 Å². The fraction of sp³-hybridized carbons (Fsp3) is 0.421. The van der Waals surface area contributed by atoms with E-state index < -0.39 is 12.0 Å². The zero-order chi connectivity index (χ0) is 19.4. The lowest BCUT2D eigenvalue weighted by Crippen LogP contribution is -2.30. The number of ether oxygens (including phenoxy) is 2. The Labute approximate surface area is 157 Å². The summed E-state index contributed by atoms with van der Waals surface area (Å²) < 4.78 is 12.5. The number of nitrogens with zero attached hydrogens (tertiary/aromatic N) is 3. The summed E-state index contributed by atoms with van der Waals surface area (Å²) >= 11 is 0. The molecule has 0 amide bonds. The van der Waals surface area contributed by atoms with Crippen molar-refractivity contribution in [3.05, 3.63) is 41.4 Å². The van der Waals surface area contributed by atoms with Crippen LogP contribution in [0.5, 0.6) is 11.5 Å². The average Bonchev–Trinajstić information content (AvgIpc) is 3.11. The van der Waals surface area contributed by atoms with Gasteiger partial charge in [0.15, 0.2) is 11.5 Å². The molecule has 0 fully saturated rings. The summed E-state index contributed by atoms with van der Waals surface area (Å²) in [6, 6.07) is 4.51. The number of esters is 1. The van der Waals surface area contributed by atoms with Gasteiger partial charge in [-0.3, -0.25) is 0 Å². The zero-order valence-electron chi connectivity index (χ0n) is 15.7. The van der Waals surface area contributed by atoms with Gasteiger partial charge < -0.3 is 19.9 Å². The van der Waals surface area contributed by atoms with Crippen LogP contribution in [-0.4, -0.2) is 39.1 Å². The van der Waals surface area contributed by atoms with Gasteiger partial charge in [-0.25, -0.2) is 9.48 Å². The van der Waals surface area contributed by atoms with E-state index in [0.29, 0.717) is 30.3 Å². The van der Waals surface area contributed by atoms with Gasteiger partial charge in [0.05, 0.1) is 18.8 Å². The number of benzene rings is 1. The SMILES string of the molecule is CCCC1=C(C(=O)OCC)[C@H](c2ccc(O)c(OCC)c2)n2ncnc2N1. The Morgan fingerprint density at radius 3 is 2.81 bits per heavy atom. The molecular weight excluding hydrogens is 348 g/mol. The number of phenols is 1. The Bertz CT molecular complexity index is 859. The van der Waals surface area contributed by atoms with Crippen LogP contribution in [-0.2, 0) is 9.53 Å². The number of allylic oxidation sites excluding steroid dienone is 1. The monoisotopic (exact) mass is 372 g/mol. The standard InChI is InChI=1S/C19H24N4O4/c1-4-7-13-16(18(25)27-6-3)17(23-19(22-13)20-11-21-23)12-8-9-14(24)15(10-12)26-5-2/h8-11,17,24H,4-7H2,1-3H3,(H,20,21,22)/t17-/m0/s1. The fourth-order valence-electron chi connectivity index (χ4n) is 3.19. The zero-order valence-corrected chi connectivity index (χ0v) is 15.7. The molecule has 2 aromatic rings. The van der Waals surface area contributed by atoms with Crippen LogP contribution in [0.2, 0.25) is 0 Å². The van der Waals surface area contributed by atoms with E-state index in [-0.39, 0.29) is 12.4 Å². The molecular formula is C19H24N4O4. The maximum atomic E-state index is 12.8. The third-order valence-electron chi connectivity index (χ3n) is 4.27. The van der Waals surface area contributed by atoms with Crippen molar-refractivity contribution in [2.45, 2.75) is 39.7 Å². The van der Waals surface area contributed by atoms with Crippen LogP contribution < -0.4 is 10.1 Å². The predicted octanol–water partition coefficient (Wildman–Crippen LogP) is 3.01. The van der Waals surface area contributed by atoms with Crippen molar-refractivity contribution in [3.8, 4) is 11.5 Å². The summed E-state index contributed by atoms with van der Waals surface area (Å²) in [5, 5.41) is 17.5. The lowest BCUT2D eigenvalue weighted by Gasteiger charge is -2.29. The van der Waals surface area contributed by atoms with Crippen molar-refractivity contribution in [3.63, 3.8) is 0 Å². The van der Waals surface area contributed by atoms with E-state index in [1.807, 2.05) is 13.8 Å². The van der Waals surface area contributed by atoms with Crippen LogP contribution in [0.1, 0.15) is 45.2 Å². The summed E-state index contributed by atoms with van der Waals surface area (Å²) in [6.45, 7) is 6.35. The number of hydrogen-bond donors (Lipinski definition) is 2. The normalized spacial score (nSPS) is 15.9. The third-order valence-corrected chi connectivity index (χ3v) is 4.27. The maximum absolute atomic E-state index is 12.8. The molecule has 2 heterocycles. The number of nitrogens with one attached hydrogen (secondary N) is 1. The second kappa shape index (κ2) is 8.11. The number of aromatic hydroxyl groups is 1. The molecule has 8 nitrogen and oxygen atoms in total. The smallest absolute Gasteiger partial charge is 0.338 e. The Balaban J connectivity index is 2.16. The van der Waals surface area contributed by atoms with Crippen LogP contribution in [0.3, 0.4) is 0 Å². The first-order chi connectivity index (χ1) is 13.1. The molecule has 0 unspecified atom stereocenters. The molecule has 1 aromatic carbocycles. The van der Waals surface area contributed by atoms with Gasteiger partial charge in [0.1, 0.15) is 12.4 Å². The molecule has 3 rings (SSSR count). The van der Waals surface area contributed by atoms with Crippen molar-refractivity contribution in [1.29, 1.82) is 0 Å². The molecule has 8 heteroatoms. The van der Waals surface area contributed by atoms with E-state index in [4.69, 9.17) is 9.47 Å². The van der Waals surface area contributed by atoms with Gasteiger partial charge in [-0.1, -0.05) is 19.4 Å². The molecule has 2 N–H and O–H groups in total. The number of aromatic nitrogens is 3. The molecule has 1 aliphatic rings. The molecule has 1 aromatic heterocycles. The fourth-order valence-corrected chi connectivity index (χ4v) is 3.19. The van der Waals surface area contributed by atoms with Crippen molar-refractivity contribution >= 4 is 11.9 Å². The largest absolute Gasteiger partial charge is 0.504 e. The van der Waals surface area contributed by atoms with Crippen LogP contribution in [0.15, 0.2) is 35.8 Å². The van der Waals surface area contributed by atoms with Crippen molar-refractivity contribution < 1.29 is 19.4 Å². The van der Waals surface area contributed by atoms with Crippen molar-refractivity contribution in [2.24, 2.45) is 0 Å². The number of fused-ring (bicyclic) bond motifs is 1. The highest BCUT2D eigenvalue weighted by molar-refractivity contribution is 5.92. The van der Waals surface area contributed by atoms with E-state index >= 15 is 0 Å². The van der Waals surface area contributed by atoms with Crippen molar-refractivity contribution in [1.82, 2.24) is 14.8 Å². The minimum Gasteiger partial charge on any atom is -0.504 e. The van der Waals surface area contributed by atoms with Crippen molar-refractivity contribution in [2.75, 3.05) is 18.5 Å². The van der Waals surface area contributed by atoms with Gasteiger partial charge in [0.25, 0.3) is 0 Å². The van der Waals surface area contributed by atoms with Gasteiger partial charge in [-0.15, -0.1) is 0 Å². The molecule has 27 heavy (non-hydrogen) atoms. The second-order valence-electron chi connectivity index (χ2n) is 6.08. The lowest BCUT2D eigenvalue weighted by atomic mass is 9.93. The second-order valence-corrected chi connectivity index (χ2v) is 6.08. The van der Waals surface area contributed by atoms with Crippen LogP contribution in [0.4, 0.5) is 5.95 Å². The molecule has 0 aliphatic carbocycles. The van der Waals surface area contributed by atoms with E-state index in [1.165, 1.54) is 6.33 Å². The van der Waals surface area contributed by atoms with Gasteiger partial charge in [0, 0.05) is 5.70 Å². The van der Waals surface area contributed by atoms with Gasteiger partial charge in [-0.2, -0.15) is 10.1 Å². The summed E-state index contributed by atoms with van der Waals surface area (Å²) in [4.78, 5) is 17.1. The van der Waals surface area contributed by atoms with Gasteiger partial charge in [0.2, 0.25) is 5.95 Å². The highest BCUT2D eigenvalue weighted by Crippen LogP contribution is 2.39. The molecule has 1 aliphatic heterocycles. The maximum Gasteiger partial charge on any atom is 0.338 e. The topological polar surface area (TPSA) is 98.5 Å². The Morgan fingerprint density at radius 1 is 1.30 bits per heavy atom. The van der Waals surface area contributed by atoms with E-state index in [2.05, 4.69) is 15.4 Å². The first kappa shape index (κ1) is 18.8. The van der Waals surface area contributed by atoms with Crippen LogP contribution >= 0.6 is 0 Å². The van der Waals surface area contributed by atoms with E-state index in [0.717, 1.165) is 17.7 Å². The quantitative estimate of drug-likeness (QED) is 0.721. The Hall–Kier alpha value is -3.03. The molecule has 1 atom stereocenters. The number of rotatable bonds is 7. The molecule has 0 spiro atoms. The molecule has 0 radical (unpaired) electrons. The Morgan fingerprint density at radius 2 is 2.11 bits per heavy atom. The summed E-state index contributed by atoms with van der Waals surface area (Å²) in [6.07, 6.45) is 2.97. The number of anilines is 1. The van der Waals surface area contributed by atoms with Crippen LogP contribution in [0, 0.1) is 0 Å². The van der Waals surface area contributed by atoms with E-state index in [1.54, 1.807) is 29.8 Å². The first-order valence-electron chi connectivity index (χ1n) is 9.13. The first-order valence-corrected chi connectivity index (χ1v) is 9.13. The summed E-state index contributed by atoms with van der Waals surface area (Å²) in [7, 11) is 0. The highest BCUT2D eigenvalue weighted by Gasteiger charge is 2.35. The van der Waals surface area contributed by atoms with Gasteiger partial charge in [-0.05, 0) is 38.0 Å². The van der Waals surface area contributed by atoms with E-state index in [9.17, 15) is 9.90 Å². The highest BCUT2D eigenvalue weighted by atomic mass is 16.5. The lowest BCUT2D eigenvalue weighted by molar-refractivity contribution is -0.139. The number of hydrogen-bond acceptors (Lipinski definition) is 7. The summed E-state index contributed by atoms with van der Waals surface area (Å²) in [5.41, 5.74) is 2.01. The number of phenolic OH excluding ortho intramolecular Hbond substituents is 1. The molecule has 144 valence electrons. The number of carbonyl (C=O) groups is 1. The Kier molecular flexibility index (Phi) is 5.63. The third kappa shape index (κ3) is 3.60. The molecule has 0 saturated carbocycles. The predicted molar refractivity (Wildman–Crippen MR) is 99.6 cm³/mol. The minimum atomic E-state index is -0.524.